The van der Waals surface area contributed by atoms with E-state index in [1.807, 2.05) is 0 Å². The molecule has 3 rings (SSSR count). The molecule has 0 fully saturated rings. The molecule has 0 unspecified atom stereocenters. The molecule has 0 bridgehead atoms. The van der Waals surface area contributed by atoms with Gasteiger partial charge in [-0.1, -0.05) is 29.8 Å². The van der Waals surface area contributed by atoms with Gasteiger partial charge >= 0.3 is 5.97 Å². The molecule has 29 heavy (non-hydrogen) atoms. The smallest absolute Gasteiger partial charge is 0.341 e. The molecule has 3 aromatic rings. The molecule has 150 valence electrons. The van der Waals surface area contributed by atoms with Crippen molar-refractivity contribution >= 4 is 27.4 Å². The third-order valence-electron chi connectivity index (χ3n) is 3.95. The number of benzene rings is 3. The Hall–Kier alpha value is -2.97. The van der Waals surface area contributed by atoms with Crippen LogP contribution in [-0.4, -0.2) is 26.1 Å². The van der Waals surface area contributed by atoms with Crippen molar-refractivity contribution < 1.29 is 31.8 Å². The van der Waals surface area contributed by atoms with Crippen LogP contribution >= 0.6 is 11.6 Å². The summed E-state index contributed by atoms with van der Waals surface area (Å²) >= 11 is 5.93. The van der Waals surface area contributed by atoms with Gasteiger partial charge in [-0.05, 0) is 48.0 Å². The van der Waals surface area contributed by atoms with Crippen LogP contribution in [0.2, 0.25) is 5.02 Å². The molecular weight excluding hydrogens is 426 g/mol. The van der Waals surface area contributed by atoms with Crippen LogP contribution in [0.5, 0.6) is 5.75 Å². The van der Waals surface area contributed by atoms with E-state index in [4.69, 9.17) is 21.4 Å². The molecule has 0 aliphatic rings. The van der Waals surface area contributed by atoms with Gasteiger partial charge in [0.05, 0.1) is 9.92 Å². The third-order valence-corrected chi connectivity index (χ3v) is 6.24. The van der Waals surface area contributed by atoms with Crippen molar-refractivity contribution in [2.75, 3.05) is 6.61 Å². The maximum absolute atomic E-state index is 14.7. The molecular formula is C20H13ClF2O5S. The number of halogens is 3. The molecule has 0 saturated carbocycles. The number of sulfone groups is 1. The number of aliphatic carboxylic acids is 1. The van der Waals surface area contributed by atoms with Crippen molar-refractivity contribution in [1.82, 2.24) is 0 Å². The zero-order valence-corrected chi connectivity index (χ0v) is 16.2. The van der Waals surface area contributed by atoms with Gasteiger partial charge in [-0.25, -0.2) is 22.0 Å². The van der Waals surface area contributed by atoms with Gasteiger partial charge in [0, 0.05) is 5.56 Å². The summed E-state index contributed by atoms with van der Waals surface area (Å²) in [7, 11) is -4.23. The number of carbonyl (C=O) groups is 1. The number of hydrogen-bond donors (Lipinski definition) is 1. The van der Waals surface area contributed by atoms with E-state index >= 15 is 0 Å². The Labute approximate surface area is 170 Å². The lowest BCUT2D eigenvalue weighted by atomic mass is 10.0. The predicted octanol–water partition coefficient (Wildman–Crippen LogP) is 4.58. The summed E-state index contributed by atoms with van der Waals surface area (Å²) in [5, 5.41) is 8.70. The van der Waals surface area contributed by atoms with Crippen molar-refractivity contribution in [2.45, 2.75) is 9.79 Å². The highest BCUT2D eigenvalue weighted by atomic mass is 35.5. The minimum absolute atomic E-state index is 0.00918. The SMILES string of the molecule is O=C(O)COc1ccc(F)cc1-c1ccc(S(=O)(=O)c2ccccc2Cl)c(F)c1. The van der Waals surface area contributed by atoms with Gasteiger partial charge in [0.25, 0.3) is 0 Å². The van der Waals surface area contributed by atoms with Crippen LogP contribution < -0.4 is 4.74 Å². The number of carboxylic acids is 1. The first-order valence-electron chi connectivity index (χ1n) is 8.14. The summed E-state index contributed by atoms with van der Waals surface area (Å²) in [5.74, 6) is -2.96. The Balaban J connectivity index is 2.06. The monoisotopic (exact) mass is 438 g/mol. The van der Waals surface area contributed by atoms with Crippen LogP contribution in [0.1, 0.15) is 0 Å². The summed E-state index contributed by atoms with van der Waals surface area (Å²) in [6.45, 7) is -0.680. The number of hydrogen-bond acceptors (Lipinski definition) is 4. The highest BCUT2D eigenvalue weighted by Gasteiger charge is 2.25. The Bertz CT molecular complexity index is 1200. The Morgan fingerprint density at radius 2 is 1.72 bits per heavy atom. The summed E-state index contributed by atoms with van der Waals surface area (Å²) in [6, 6.07) is 12.2. The summed E-state index contributed by atoms with van der Waals surface area (Å²) in [4.78, 5) is 9.88. The highest BCUT2D eigenvalue weighted by molar-refractivity contribution is 7.91. The van der Waals surface area contributed by atoms with Crippen molar-refractivity contribution in [3.05, 3.63) is 77.3 Å². The standard InChI is InChI=1S/C20H13ClF2O5S/c21-15-3-1-2-4-18(15)29(26,27)19-8-5-12(9-16(19)23)14-10-13(22)6-7-17(14)28-11-20(24)25/h1-10H,11H2,(H,24,25). The van der Waals surface area contributed by atoms with Gasteiger partial charge in [-0.3, -0.25) is 0 Å². The average Bonchev–Trinajstić information content (AvgIpc) is 2.66. The molecule has 0 radical (unpaired) electrons. The van der Waals surface area contributed by atoms with Crippen LogP contribution in [0.25, 0.3) is 11.1 Å². The molecule has 9 heteroatoms. The molecule has 5 nitrogen and oxygen atoms in total. The van der Waals surface area contributed by atoms with E-state index in [9.17, 15) is 22.0 Å². The number of rotatable bonds is 6. The van der Waals surface area contributed by atoms with E-state index in [1.54, 1.807) is 6.07 Å². The molecule has 0 aromatic heterocycles. The second-order valence-corrected chi connectivity index (χ2v) is 8.20. The van der Waals surface area contributed by atoms with Gasteiger partial charge in [0.1, 0.15) is 22.3 Å². The van der Waals surface area contributed by atoms with Crippen LogP contribution in [0.15, 0.2) is 70.5 Å². The molecule has 0 aliphatic heterocycles. The first kappa shape index (κ1) is 20.8. The normalized spacial score (nSPS) is 11.3. The van der Waals surface area contributed by atoms with Crippen molar-refractivity contribution in [2.24, 2.45) is 0 Å². The van der Waals surface area contributed by atoms with Crippen LogP contribution in [-0.2, 0) is 14.6 Å². The molecule has 3 aromatic carbocycles. The zero-order valence-electron chi connectivity index (χ0n) is 14.6. The van der Waals surface area contributed by atoms with Crippen LogP contribution in [0.3, 0.4) is 0 Å². The van der Waals surface area contributed by atoms with Gasteiger partial charge in [0.15, 0.2) is 6.61 Å². The highest BCUT2D eigenvalue weighted by Crippen LogP contribution is 2.34. The van der Waals surface area contributed by atoms with E-state index in [0.717, 1.165) is 24.3 Å². The van der Waals surface area contributed by atoms with Crippen molar-refractivity contribution in [1.29, 1.82) is 0 Å². The molecule has 0 atom stereocenters. The second kappa shape index (κ2) is 8.18. The molecule has 0 heterocycles. The van der Waals surface area contributed by atoms with E-state index in [1.165, 1.54) is 30.3 Å². The van der Waals surface area contributed by atoms with E-state index < -0.39 is 38.9 Å². The van der Waals surface area contributed by atoms with Gasteiger partial charge < -0.3 is 9.84 Å². The number of ether oxygens (including phenoxy) is 1. The minimum Gasteiger partial charge on any atom is -0.481 e. The van der Waals surface area contributed by atoms with Crippen LogP contribution in [0, 0.1) is 11.6 Å². The minimum atomic E-state index is -4.23. The maximum Gasteiger partial charge on any atom is 0.341 e. The molecule has 0 aliphatic carbocycles. The quantitative estimate of drug-likeness (QED) is 0.609. The predicted molar refractivity (Wildman–Crippen MR) is 102 cm³/mol. The van der Waals surface area contributed by atoms with E-state index in [0.29, 0.717) is 0 Å². The fourth-order valence-electron chi connectivity index (χ4n) is 2.66. The lowest BCUT2D eigenvalue weighted by molar-refractivity contribution is -0.139. The summed E-state index contributed by atoms with van der Waals surface area (Å²) in [6.07, 6.45) is 0. The fraction of sp³-hybridized carbons (Fsp3) is 0.0500. The fourth-order valence-corrected chi connectivity index (χ4v) is 4.48. The van der Waals surface area contributed by atoms with Gasteiger partial charge in [-0.15, -0.1) is 0 Å². The molecule has 0 saturated heterocycles. The van der Waals surface area contributed by atoms with Gasteiger partial charge in [-0.2, -0.15) is 0 Å². The van der Waals surface area contributed by atoms with Crippen molar-refractivity contribution in [3.63, 3.8) is 0 Å². The second-order valence-electron chi connectivity index (χ2n) is 5.90. The molecule has 1 N–H and O–H groups in total. The lowest BCUT2D eigenvalue weighted by Gasteiger charge is -2.12. The first-order valence-corrected chi connectivity index (χ1v) is 10.00. The zero-order chi connectivity index (χ0) is 21.2. The maximum atomic E-state index is 14.7. The number of carboxylic acid groups (broad SMARTS) is 1. The largest absolute Gasteiger partial charge is 0.481 e. The van der Waals surface area contributed by atoms with E-state index in [-0.39, 0.29) is 26.8 Å². The van der Waals surface area contributed by atoms with Crippen LogP contribution in [0.4, 0.5) is 8.78 Å². The summed E-state index contributed by atoms with van der Waals surface area (Å²) < 4.78 is 59.0. The Morgan fingerprint density at radius 3 is 2.38 bits per heavy atom. The molecule has 0 spiro atoms. The average molecular weight is 439 g/mol. The Kier molecular flexibility index (Phi) is 5.86. The summed E-state index contributed by atoms with van der Waals surface area (Å²) in [5.41, 5.74) is 0.187. The topological polar surface area (TPSA) is 80.7 Å². The molecule has 0 amide bonds. The van der Waals surface area contributed by atoms with Gasteiger partial charge in [0.2, 0.25) is 9.84 Å². The third kappa shape index (κ3) is 4.38. The first-order chi connectivity index (χ1) is 13.7. The Morgan fingerprint density at radius 1 is 1.00 bits per heavy atom. The lowest BCUT2D eigenvalue weighted by Crippen LogP contribution is -2.10. The van der Waals surface area contributed by atoms with E-state index in [2.05, 4.69) is 0 Å². The van der Waals surface area contributed by atoms with Crippen molar-refractivity contribution in [3.8, 4) is 16.9 Å².